The maximum Gasteiger partial charge on any atom is 0.514 e. The van der Waals surface area contributed by atoms with Gasteiger partial charge in [0.05, 0.1) is 11.4 Å². The van der Waals surface area contributed by atoms with Crippen LogP contribution in [-0.4, -0.2) is 29.5 Å². The fourth-order valence-electron chi connectivity index (χ4n) is 3.52. The number of ether oxygens (including phenoxy) is 4. The lowest BCUT2D eigenvalue weighted by atomic mass is 9.71. The minimum absolute atomic E-state index is 0.216. The molecule has 0 heterocycles. The zero-order valence-electron chi connectivity index (χ0n) is 21.3. The number of carboxylic acids is 1. The van der Waals surface area contributed by atoms with Crippen LogP contribution in [0.3, 0.4) is 0 Å². The first-order valence-corrected chi connectivity index (χ1v) is 11.4. The van der Waals surface area contributed by atoms with Gasteiger partial charge in [-0.25, -0.2) is 9.59 Å². The van der Waals surface area contributed by atoms with Crippen molar-refractivity contribution in [1.82, 2.24) is 0 Å². The molecule has 0 saturated heterocycles. The molecular formula is C27H33O8-. The summed E-state index contributed by atoms with van der Waals surface area (Å²) in [6.07, 6.45) is -0.898. The van der Waals surface area contributed by atoms with E-state index in [4.69, 9.17) is 18.9 Å². The summed E-state index contributed by atoms with van der Waals surface area (Å²) in [6.45, 7) is 12.2. The second-order valence-electron chi connectivity index (χ2n) is 10.1. The number of carboxylic acid groups (broad SMARTS) is 1. The van der Waals surface area contributed by atoms with E-state index in [2.05, 4.69) is 0 Å². The van der Waals surface area contributed by atoms with Crippen molar-refractivity contribution in [3.05, 3.63) is 59.7 Å². The zero-order valence-corrected chi connectivity index (χ0v) is 21.3. The minimum Gasteiger partial charge on any atom is -0.549 e. The van der Waals surface area contributed by atoms with Gasteiger partial charge in [0.1, 0.15) is 22.7 Å². The van der Waals surface area contributed by atoms with Crippen LogP contribution in [0.15, 0.2) is 48.5 Å². The van der Waals surface area contributed by atoms with Gasteiger partial charge >= 0.3 is 12.3 Å². The highest BCUT2D eigenvalue weighted by molar-refractivity contribution is 5.84. The van der Waals surface area contributed by atoms with E-state index >= 15 is 0 Å². The molecule has 2 aromatic rings. The number of hydrogen-bond acceptors (Lipinski definition) is 8. The van der Waals surface area contributed by atoms with Crippen LogP contribution in [0.4, 0.5) is 9.59 Å². The molecule has 0 aliphatic heterocycles. The van der Waals surface area contributed by atoms with Gasteiger partial charge in [-0.2, -0.15) is 0 Å². The van der Waals surface area contributed by atoms with E-state index in [1.54, 1.807) is 65.8 Å². The van der Waals surface area contributed by atoms with Crippen LogP contribution in [0.2, 0.25) is 0 Å². The van der Waals surface area contributed by atoms with Gasteiger partial charge in [-0.3, -0.25) is 0 Å². The van der Waals surface area contributed by atoms with Crippen LogP contribution in [0.5, 0.6) is 11.5 Å². The zero-order chi connectivity index (χ0) is 26.4. The molecule has 0 aliphatic carbocycles. The summed E-state index contributed by atoms with van der Waals surface area (Å²) in [7, 11) is 0. The van der Waals surface area contributed by atoms with Gasteiger partial charge in [0.25, 0.3) is 0 Å². The lowest BCUT2D eigenvalue weighted by Gasteiger charge is -2.36. The van der Waals surface area contributed by atoms with E-state index in [-0.39, 0.29) is 17.9 Å². The maximum atomic E-state index is 12.5. The number of carbonyl (C=O) groups excluding carboxylic acids is 3. The molecule has 0 saturated carbocycles. The van der Waals surface area contributed by atoms with Crippen molar-refractivity contribution in [2.24, 2.45) is 0 Å². The SMILES string of the molecule is CCCC(C(=O)[O-])(c1ccc(OC(=O)OC(C)(C)C)cc1)c1ccc(OC(=O)OC(C)(C)C)cc1. The van der Waals surface area contributed by atoms with Crippen molar-refractivity contribution < 1.29 is 38.4 Å². The molecule has 2 aromatic carbocycles. The van der Waals surface area contributed by atoms with Crippen LogP contribution in [0.1, 0.15) is 72.4 Å². The van der Waals surface area contributed by atoms with E-state index in [0.29, 0.717) is 17.5 Å². The first-order chi connectivity index (χ1) is 16.2. The van der Waals surface area contributed by atoms with Crippen LogP contribution >= 0.6 is 0 Å². The van der Waals surface area contributed by atoms with Gasteiger partial charge in [-0.1, -0.05) is 37.6 Å². The first-order valence-electron chi connectivity index (χ1n) is 11.4. The number of benzene rings is 2. The fourth-order valence-corrected chi connectivity index (χ4v) is 3.52. The molecule has 0 atom stereocenters. The van der Waals surface area contributed by atoms with Gasteiger partial charge in [-0.15, -0.1) is 0 Å². The third kappa shape index (κ3) is 7.73. The molecule has 0 bridgehead atoms. The molecule has 8 nitrogen and oxygen atoms in total. The van der Waals surface area contributed by atoms with Crippen molar-refractivity contribution in [2.45, 2.75) is 77.9 Å². The van der Waals surface area contributed by atoms with Crippen molar-refractivity contribution in [1.29, 1.82) is 0 Å². The minimum atomic E-state index is -1.47. The van der Waals surface area contributed by atoms with E-state index in [1.165, 1.54) is 24.3 Å². The largest absolute Gasteiger partial charge is 0.549 e. The fraction of sp³-hybridized carbons (Fsp3) is 0.444. The van der Waals surface area contributed by atoms with Gasteiger partial charge in [0.15, 0.2) is 0 Å². The van der Waals surface area contributed by atoms with Gasteiger partial charge in [0.2, 0.25) is 0 Å². The van der Waals surface area contributed by atoms with Crippen LogP contribution < -0.4 is 14.6 Å². The summed E-state index contributed by atoms with van der Waals surface area (Å²) in [5.74, 6) is -0.846. The first kappa shape index (κ1) is 27.7. The molecular weight excluding hydrogens is 452 g/mol. The van der Waals surface area contributed by atoms with Crippen LogP contribution in [0.25, 0.3) is 0 Å². The highest BCUT2D eigenvalue weighted by atomic mass is 16.7. The molecule has 35 heavy (non-hydrogen) atoms. The number of aliphatic carboxylic acids is 1. The molecule has 0 N–H and O–H groups in total. The van der Waals surface area contributed by atoms with E-state index in [0.717, 1.165) is 0 Å². The predicted molar refractivity (Wildman–Crippen MR) is 127 cm³/mol. The third-order valence-corrected chi connectivity index (χ3v) is 4.85. The molecule has 2 rings (SSSR count). The quantitative estimate of drug-likeness (QED) is 0.391. The summed E-state index contributed by atoms with van der Waals surface area (Å²) in [5.41, 5.74) is -1.97. The van der Waals surface area contributed by atoms with Gasteiger partial charge in [0, 0.05) is 0 Å². The Kier molecular flexibility index (Phi) is 8.55. The van der Waals surface area contributed by atoms with E-state index < -0.39 is 34.9 Å². The molecule has 0 spiro atoms. The Morgan fingerprint density at radius 1 is 0.686 bits per heavy atom. The smallest absolute Gasteiger partial charge is 0.514 e. The van der Waals surface area contributed by atoms with Crippen molar-refractivity contribution >= 4 is 18.3 Å². The Hall–Kier alpha value is -3.55. The summed E-state index contributed by atoms with van der Waals surface area (Å²) >= 11 is 0. The third-order valence-electron chi connectivity index (χ3n) is 4.85. The Bertz CT molecular complexity index is 951. The monoisotopic (exact) mass is 485 g/mol. The molecule has 0 aromatic heterocycles. The molecule has 0 aliphatic rings. The standard InChI is InChI=1S/C27H34O8/c1-8-17-27(22(28)29,18-9-13-20(14-10-18)32-23(30)34-25(2,3)4)19-11-15-21(16-12-19)33-24(31)35-26(5,6)7/h9-16H,8,17H2,1-7H3,(H,28,29)/p-1. The van der Waals surface area contributed by atoms with Crippen molar-refractivity contribution in [2.75, 3.05) is 0 Å². The van der Waals surface area contributed by atoms with Crippen LogP contribution in [0, 0.1) is 0 Å². The Morgan fingerprint density at radius 2 is 1.03 bits per heavy atom. The number of carbonyl (C=O) groups is 3. The second-order valence-corrected chi connectivity index (χ2v) is 10.1. The highest BCUT2D eigenvalue weighted by Gasteiger charge is 2.35. The van der Waals surface area contributed by atoms with Gasteiger partial charge in [-0.05, 0) is 83.4 Å². The lowest BCUT2D eigenvalue weighted by molar-refractivity contribution is -0.312. The molecule has 0 fully saturated rings. The summed E-state index contributed by atoms with van der Waals surface area (Å²) in [6, 6.07) is 12.3. The predicted octanol–water partition coefficient (Wildman–Crippen LogP) is 5.15. The number of hydrogen-bond donors (Lipinski definition) is 0. The van der Waals surface area contributed by atoms with E-state index in [9.17, 15) is 19.5 Å². The lowest BCUT2D eigenvalue weighted by Crippen LogP contribution is -2.46. The van der Waals surface area contributed by atoms with Crippen molar-refractivity contribution in [3.63, 3.8) is 0 Å². The Morgan fingerprint density at radius 3 is 1.29 bits per heavy atom. The topological polar surface area (TPSA) is 111 Å². The van der Waals surface area contributed by atoms with E-state index in [1.807, 2.05) is 6.92 Å². The average molecular weight is 486 g/mol. The Balaban J connectivity index is 2.33. The van der Waals surface area contributed by atoms with Crippen molar-refractivity contribution in [3.8, 4) is 11.5 Å². The normalized spacial score (nSPS) is 12.0. The number of rotatable bonds is 7. The Labute approximate surface area is 206 Å². The summed E-state index contributed by atoms with van der Waals surface area (Å²) in [4.78, 5) is 36.4. The molecule has 0 radical (unpaired) electrons. The van der Waals surface area contributed by atoms with Gasteiger partial charge < -0.3 is 28.8 Å². The summed E-state index contributed by atoms with van der Waals surface area (Å²) in [5, 5.41) is 12.5. The molecule has 190 valence electrons. The maximum absolute atomic E-state index is 12.5. The second kappa shape index (κ2) is 10.8. The molecule has 0 unspecified atom stereocenters. The average Bonchev–Trinajstić information content (AvgIpc) is 2.70. The summed E-state index contributed by atoms with van der Waals surface area (Å²) < 4.78 is 20.7. The molecule has 8 heteroatoms. The highest BCUT2D eigenvalue weighted by Crippen LogP contribution is 2.38. The molecule has 0 amide bonds. The van der Waals surface area contributed by atoms with Crippen LogP contribution in [-0.2, 0) is 19.7 Å².